The molecule has 2 fully saturated rings. The van der Waals surface area contributed by atoms with E-state index in [0.29, 0.717) is 19.8 Å². The van der Waals surface area contributed by atoms with Gasteiger partial charge in [-0.2, -0.15) is 0 Å². The van der Waals surface area contributed by atoms with Crippen molar-refractivity contribution >= 4 is 5.91 Å². The van der Waals surface area contributed by atoms with E-state index in [-0.39, 0.29) is 30.0 Å². The molecule has 2 rings (SSSR count). The fourth-order valence-corrected chi connectivity index (χ4v) is 2.87. The Bertz CT molecular complexity index is 302. The van der Waals surface area contributed by atoms with Crippen molar-refractivity contribution in [3.63, 3.8) is 0 Å². The summed E-state index contributed by atoms with van der Waals surface area (Å²) in [5, 5.41) is 12.6. The maximum absolute atomic E-state index is 12.2. The van der Waals surface area contributed by atoms with Crippen molar-refractivity contribution < 1.29 is 19.4 Å². The number of hydrogen-bond acceptors (Lipinski definition) is 4. The molecule has 2 aliphatic rings. The van der Waals surface area contributed by atoms with Crippen LogP contribution in [0.5, 0.6) is 0 Å². The van der Waals surface area contributed by atoms with E-state index in [1.54, 1.807) is 0 Å². The summed E-state index contributed by atoms with van der Waals surface area (Å²) in [4.78, 5) is 12.2. The largest absolute Gasteiger partial charge is 0.396 e. The lowest BCUT2D eigenvalue weighted by Gasteiger charge is -2.36. The molecule has 0 bridgehead atoms. The molecule has 2 N–H and O–H groups in total. The first-order chi connectivity index (χ1) is 9.17. The minimum atomic E-state index is -0.202. The lowest BCUT2D eigenvalue weighted by Crippen LogP contribution is -2.47. The molecule has 19 heavy (non-hydrogen) atoms. The molecule has 0 aromatic rings. The van der Waals surface area contributed by atoms with Crippen LogP contribution in [0.2, 0.25) is 0 Å². The molecule has 5 nitrogen and oxygen atoms in total. The molecule has 1 amide bonds. The average Bonchev–Trinajstić information content (AvgIpc) is 2.46. The highest BCUT2D eigenvalue weighted by molar-refractivity contribution is 5.79. The van der Waals surface area contributed by atoms with Gasteiger partial charge in [-0.3, -0.25) is 4.79 Å². The van der Waals surface area contributed by atoms with Crippen LogP contribution in [-0.4, -0.2) is 50.1 Å². The van der Waals surface area contributed by atoms with Gasteiger partial charge in [0.15, 0.2) is 0 Å². The number of rotatable bonds is 4. The third-order valence-corrected chi connectivity index (χ3v) is 4.47. The summed E-state index contributed by atoms with van der Waals surface area (Å²) >= 11 is 0. The first kappa shape index (κ1) is 14.8. The molecule has 0 aliphatic carbocycles. The Labute approximate surface area is 114 Å². The molecule has 2 atom stereocenters. The number of ether oxygens (including phenoxy) is 2. The van der Waals surface area contributed by atoms with Gasteiger partial charge in [0.2, 0.25) is 5.91 Å². The maximum atomic E-state index is 12.2. The summed E-state index contributed by atoms with van der Waals surface area (Å²) in [5.74, 6) is 0.0100. The van der Waals surface area contributed by atoms with E-state index in [1.165, 1.54) is 0 Å². The summed E-state index contributed by atoms with van der Waals surface area (Å²) in [7, 11) is 0. The second kappa shape index (κ2) is 6.68. The second-order valence-corrected chi connectivity index (χ2v) is 5.81. The Kier molecular flexibility index (Phi) is 5.19. The highest BCUT2D eigenvalue weighted by atomic mass is 16.5. The third kappa shape index (κ3) is 3.68. The number of hydrogen-bond donors (Lipinski definition) is 2. The number of aliphatic hydroxyl groups is 1. The quantitative estimate of drug-likeness (QED) is 0.790. The van der Waals surface area contributed by atoms with Crippen LogP contribution < -0.4 is 5.32 Å². The molecule has 0 spiro atoms. The molecule has 2 heterocycles. The normalized spacial score (nSPS) is 30.8. The Hall–Kier alpha value is -0.650. The van der Waals surface area contributed by atoms with Gasteiger partial charge in [-0.25, -0.2) is 0 Å². The second-order valence-electron chi connectivity index (χ2n) is 5.81. The van der Waals surface area contributed by atoms with Crippen LogP contribution in [0.3, 0.4) is 0 Å². The van der Waals surface area contributed by atoms with Crippen molar-refractivity contribution in [1.82, 2.24) is 5.32 Å². The zero-order valence-corrected chi connectivity index (χ0v) is 11.7. The zero-order valence-electron chi connectivity index (χ0n) is 11.7. The number of nitrogens with one attached hydrogen (secondary N) is 1. The minimum Gasteiger partial charge on any atom is -0.396 e. The molecule has 110 valence electrons. The molecule has 0 unspecified atom stereocenters. The summed E-state index contributed by atoms with van der Waals surface area (Å²) in [6.07, 6.45) is 3.44. The van der Waals surface area contributed by atoms with Gasteiger partial charge in [0.25, 0.3) is 0 Å². The van der Waals surface area contributed by atoms with Crippen LogP contribution >= 0.6 is 0 Å². The predicted octanol–water partition coefficient (Wildman–Crippen LogP) is 0.707. The SMILES string of the molecule is C[C@@H]1OCCC[C@@H]1C(=O)NCC1(CO)CCOCC1. The van der Waals surface area contributed by atoms with Crippen LogP contribution in [-0.2, 0) is 14.3 Å². The van der Waals surface area contributed by atoms with Crippen LogP contribution in [0.1, 0.15) is 32.6 Å². The fourth-order valence-electron chi connectivity index (χ4n) is 2.87. The summed E-state index contributed by atoms with van der Waals surface area (Å²) in [6.45, 7) is 4.68. The average molecular weight is 271 g/mol. The van der Waals surface area contributed by atoms with Gasteiger partial charge in [-0.05, 0) is 32.6 Å². The van der Waals surface area contributed by atoms with Crippen molar-refractivity contribution in [1.29, 1.82) is 0 Å². The number of carbonyl (C=O) groups excluding carboxylic acids is 1. The van der Waals surface area contributed by atoms with E-state index in [4.69, 9.17) is 9.47 Å². The number of carbonyl (C=O) groups is 1. The van der Waals surface area contributed by atoms with Gasteiger partial charge in [0.1, 0.15) is 0 Å². The molecule has 0 radical (unpaired) electrons. The molecular weight excluding hydrogens is 246 g/mol. The Balaban J connectivity index is 1.84. The molecule has 2 saturated heterocycles. The summed E-state index contributed by atoms with van der Waals surface area (Å²) < 4.78 is 10.8. The molecular formula is C14H25NO4. The van der Waals surface area contributed by atoms with Crippen LogP contribution in [0.25, 0.3) is 0 Å². The lowest BCUT2D eigenvalue weighted by molar-refractivity contribution is -0.134. The van der Waals surface area contributed by atoms with Crippen LogP contribution in [0.15, 0.2) is 0 Å². The molecule has 0 aromatic carbocycles. The molecule has 0 aromatic heterocycles. The Morgan fingerprint density at radius 3 is 2.74 bits per heavy atom. The molecule has 2 aliphatic heterocycles. The van der Waals surface area contributed by atoms with Crippen molar-refractivity contribution in [3.8, 4) is 0 Å². The third-order valence-electron chi connectivity index (χ3n) is 4.47. The first-order valence-electron chi connectivity index (χ1n) is 7.25. The summed E-state index contributed by atoms with van der Waals surface area (Å²) in [5.41, 5.74) is -0.202. The highest BCUT2D eigenvalue weighted by Crippen LogP contribution is 2.29. The van der Waals surface area contributed by atoms with E-state index in [2.05, 4.69) is 5.32 Å². The van der Waals surface area contributed by atoms with Crippen LogP contribution in [0.4, 0.5) is 0 Å². The first-order valence-corrected chi connectivity index (χ1v) is 7.25. The van der Waals surface area contributed by atoms with E-state index >= 15 is 0 Å². The van der Waals surface area contributed by atoms with Crippen molar-refractivity contribution in [2.24, 2.45) is 11.3 Å². The van der Waals surface area contributed by atoms with E-state index < -0.39 is 0 Å². The number of amides is 1. The maximum Gasteiger partial charge on any atom is 0.225 e. The standard InChI is InChI=1S/C14H25NO4/c1-11-12(3-2-6-19-11)13(17)15-9-14(10-16)4-7-18-8-5-14/h11-12,16H,2-10H2,1H3,(H,15,17)/t11-,12-/m0/s1. The highest BCUT2D eigenvalue weighted by Gasteiger charge is 2.34. The lowest BCUT2D eigenvalue weighted by atomic mass is 9.80. The van der Waals surface area contributed by atoms with Gasteiger partial charge in [-0.1, -0.05) is 0 Å². The minimum absolute atomic E-state index is 0.00600. The van der Waals surface area contributed by atoms with E-state index in [1.807, 2.05) is 6.92 Å². The molecule has 0 saturated carbocycles. The smallest absolute Gasteiger partial charge is 0.225 e. The zero-order chi connectivity index (χ0) is 13.7. The molecule has 5 heteroatoms. The van der Waals surface area contributed by atoms with E-state index in [0.717, 1.165) is 32.3 Å². The topological polar surface area (TPSA) is 67.8 Å². The summed E-state index contributed by atoms with van der Waals surface area (Å²) in [6, 6.07) is 0. The Morgan fingerprint density at radius 2 is 2.11 bits per heavy atom. The van der Waals surface area contributed by atoms with Gasteiger partial charge in [0.05, 0.1) is 18.6 Å². The van der Waals surface area contributed by atoms with Gasteiger partial charge < -0.3 is 19.9 Å². The van der Waals surface area contributed by atoms with Crippen molar-refractivity contribution in [2.45, 2.75) is 38.7 Å². The van der Waals surface area contributed by atoms with Crippen molar-refractivity contribution in [2.75, 3.05) is 33.0 Å². The van der Waals surface area contributed by atoms with Gasteiger partial charge >= 0.3 is 0 Å². The monoisotopic (exact) mass is 271 g/mol. The number of aliphatic hydroxyl groups excluding tert-OH is 1. The van der Waals surface area contributed by atoms with Crippen LogP contribution in [0, 0.1) is 11.3 Å². The van der Waals surface area contributed by atoms with Gasteiger partial charge in [0, 0.05) is 31.8 Å². The fraction of sp³-hybridized carbons (Fsp3) is 0.929. The van der Waals surface area contributed by atoms with E-state index in [9.17, 15) is 9.90 Å². The van der Waals surface area contributed by atoms with Gasteiger partial charge in [-0.15, -0.1) is 0 Å². The van der Waals surface area contributed by atoms with Crippen molar-refractivity contribution in [3.05, 3.63) is 0 Å². The Morgan fingerprint density at radius 1 is 1.37 bits per heavy atom. The predicted molar refractivity (Wildman–Crippen MR) is 70.7 cm³/mol.